The fourth-order valence-electron chi connectivity index (χ4n) is 5.66. The number of rotatable bonds is 10. The number of nitrogens with one attached hydrogen (secondary N) is 2. The van der Waals surface area contributed by atoms with E-state index >= 15 is 0 Å². The monoisotopic (exact) mass is 589 g/mol. The van der Waals surface area contributed by atoms with Crippen LogP contribution in [0.1, 0.15) is 32.1 Å². The summed E-state index contributed by atoms with van der Waals surface area (Å²) in [5, 5.41) is 14.5. The number of aliphatic hydroxyl groups is 1. The Morgan fingerprint density at radius 2 is 1.88 bits per heavy atom. The smallest absolute Gasteiger partial charge is 0.243 e. The normalized spacial score (nSPS) is 22.6. The van der Waals surface area contributed by atoms with Crippen LogP contribution >= 0.6 is 0 Å². The highest BCUT2D eigenvalue weighted by atomic mass is 32.2. The van der Waals surface area contributed by atoms with Gasteiger partial charge in [-0.15, -0.1) is 0 Å². The molecule has 1 spiro atoms. The van der Waals surface area contributed by atoms with E-state index in [1.54, 1.807) is 40.8 Å². The van der Waals surface area contributed by atoms with Crippen molar-refractivity contribution in [2.75, 3.05) is 32.8 Å². The Hall–Kier alpha value is -2.48. The number of aromatic amines is 1. The molecule has 3 heterocycles. The van der Waals surface area contributed by atoms with Crippen LogP contribution in [0.15, 0.2) is 64.5 Å². The van der Waals surface area contributed by atoms with E-state index in [-0.39, 0.29) is 33.3 Å². The summed E-state index contributed by atoms with van der Waals surface area (Å²) >= 11 is 0. The van der Waals surface area contributed by atoms with Crippen molar-refractivity contribution in [3.63, 3.8) is 0 Å². The molecule has 3 aromatic rings. The van der Waals surface area contributed by atoms with Crippen molar-refractivity contribution >= 4 is 30.8 Å². The number of hydrogen-bond acceptors (Lipinski definition) is 8. The van der Waals surface area contributed by atoms with E-state index in [0.717, 1.165) is 17.3 Å². The maximum Gasteiger partial charge on any atom is 0.243 e. The second-order valence-corrected chi connectivity index (χ2v) is 15.3. The lowest BCUT2D eigenvalue weighted by atomic mass is 9.88. The third kappa shape index (κ3) is 5.65. The molecule has 1 saturated carbocycles. The number of aliphatic hydroxyl groups excluding tert-OH is 1. The first-order valence-corrected chi connectivity index (χ1v) is 16.7. The molecule has 2 aromatic carbocycles. The number of nitrogens with zero attached hydrogens (tertiary/aromatic N) is 1. The number of benzene rings is 2. The zero-order chi connectivity index (χ0) is 28.0. The van der Waals surface area contributed by atoms with Crippen molar-refractivity contribution in [1.82, 2.24) is 14.6 Å². The van der Waals surface area contributed by atoms with Gasteiger partial charge in [-0.3, -0.25) is 0 Å². The summed E-state index contributed by atoms with van der Waals surface area (Å²) in [5.74, 6) is 0.415. The lowest BCUT2D eigenvalue weighted by Gasteiger charge is -2.38. The van der Waals surface area contributed by atoms with Crippen molar-refractivity contribution in [3.05, 3.63) is 54.7 Å². The van der Waals surface area contributed by atoms with Crippen molar-refractivity contribution in [2.24, 2.45) is 0 Å². The molecule has 2 aliphatic heterocycles. The Kier molecular flexibility index (Phi) is 7.43. The summed E-state index contributed by atoms with van der Waals surface area (Å²) in [5.41, 5.74) is 0.424. The average Bonchev–Trinajstić information content (AvgIpc) is 3.60. The highest BCUT2D eigenvalue weighted by Gasteiger charge is 2.44. The molecule has 6 rings (SSSR count). The molecule has 2 saturated heterocycles. The van der Waals surface area contributed by atoms with Crippen LogP contribution in [0.2, 0.25) is 0 Å². The van der Waals surface area contributed by atoms with Gasteiger partial charge >= 0.3 is 0 Å². The van der Waals surface area contributed by atoms with E-state index in [1.165, 1.54) is 6.07 Å². The van der Waals surface area contributed by atoms with Gasteiger partial charge in [0.05, 0.1) is 27.2 Å². The Bertz CT molecular complexity index is 1580. The van der Waals surface area contributed by atoms with Gasteiger partial charge in [-0.2, -0.15) is 4.31 Å². The zero-order valence-corrected chi connectivity index (χ0v) is 23.8. The molecular formula is C28H35N3O7S2. The Balaban J connectivity index is 0.965. The predicted octanol–water partition coefficient (Wildman–Crippen LogP) is 2.45. The number of hydrogen-bond donors (Lipinski definition) is 3. The average molecular weight is 590 g/mol. The Morgan fingerprint density at radius 1 is 1.07 bits per heavy atom. The third-order valence-corrected chi connectivity index (χ3v) is 12.3. The SMILES string of the molecule is O=S(=O)(c1cccc(OC[C@@H](O)CN[C@H]2COC3(CCN(S(=O)(=O)c4ccc5cc[nH]c5c4)CC3)C2)c1)C1CC1. The lowest BCUT2D eigenvalue weighted by Crippen LogP contribution is -2.47. The van der Waals surface area contributed by atoms with Crippen LogP contribution in [0, 0.1) is 0 Å². The molecule has 0 radical (unpaired) electrons. The summed E-state index contributed by atoms with van der Waals surface area (Å²) in [7, 11) is -6.89. The topological polar surface area (TPSA) is 138 Å². The number of ether oxygens (including phenoxy) is 2. The molecular weight excluding hydrogens is 554 g/mol. The van der Waals surface area contributed by atoms with Crippen LogP contribution in [0.5, 0.6) is 5.75 Å². The standard InChI is InChI=1S/C28H35N3O7S2/c32-22(19-37-23-2-1-3-25(14-23)39(33,34)24-6-7-24)17-30-21-16-28(38-18-21)9-12-31(13-10-28)40(35,36)26-5-4-20-8-11-29-27(20)15-26/h1-5,8,11,14-15,21-22,24,29-30,32H,6-7,9-10,12-13,16-19H2/t21-,22+/m1/s1. The largest absolute Gasteiger partial charge is 0.491 e. The molecule has 216 valence electrons. The molecule has 0 amide bonds. The number of piperidine rings is 1. The van der Waals surface area contributed by atoms with Gasteiger partial charge in [-0.25, -0.2) is 16.8 Å². The molecule has 2 atom stereocenters. The molecule has 3 N–H and O–H groups in total. The number of aromatic nitrogens is 1. The highest BCUT2D eigenvalue weighted by molar-refractivity contribution is 7.92. The van der Waals surface area contributed by atoms with Crippen LogP contribution in [0.3, 0.4) is 0 Å². The predicted molar refractivity (Wildman–Crippen MR) is 150 cm³/mol. The molecule has 40 heavy (non-hydrogen) atoms. The quantitative estimate of drug-likeness (QED) is 0.328. The second kappa shape index (κ2) is 10.7. The van der Waals surface area contributed by atoms with Gasteiger partial charge in [-0.1, -0.05) is 12.1 Å². The minimum Gasteiger partial charge on any atom is -0.491 e. The summed E-state index contributed by atoms with van der Waals surface area (Å²) in [6.07, 6.45) is 4.37. The highest BCUT2D eigenvalue weighted by Crippen LogP contribution is 2.38. The van der Waals surface area contributed by atoms with Crippen molar-refractivity contribution in [1.29, 1.82) is 0 Å². The summed E-state index contributed by atoms with van der Waals surface area (Å²) < 4.78 is 64.8. The maximum absolute atomic E-state index is 13.3. The molecule has 12 heteroatoms. The third-order valence-electron chi connectivity index (χ3n) is 8.19. The zero-order valence-electron chi connectivity index (χ0n) is 22.2. The number of fused-ring (bicyclic) bond motifs is 1. The minimum absolute atomic E-state index is 0.0275. The van der Waals surface area contributed by atoms with Crippen LogP contribution in [-0.2, 0) is 24.6 Å². The van der Waals surface area contributed by atoms with Crippen molar-refractivity contribution in [2.45, 2.75) is 64.9 Å². The first-order valence-electron chi connectivity index (χ1n) is 13.7. The molecule has 1 aliphatic carbocycles. The van der Waals surface area contributed by atoms with E-state index in [9.17, 15) is 21.9 Å². The lowest BCUT2D eigenvalue weighted by molar-refractivity contribution is -0.0312. The minimum atomic E-state index is -3.59. The number of H-pyrrole nitrogens is 1. The van der Waals surface area contributed by atoms with Gasteiger partial charge in [0, 0.05) is 37.4 Å². The van der Waals surface area contributed by atoms with Gasteiger partial charge in [-0.05, 0) is 73.9 Å². The van der Waals surface area contributed by atoms with Crippen molar-refractivity contribution < 1.29 is 31.4 Å². The van der Waals surface area contributed by atoms with Crippen LogP contribution in [0.4, 0.5) is 0 Å². The van der Waals surface area contributed by atoms with Gasteiger partial charge in [0.2, 0.25) is 10.0 Å². The fourth-order valence-corrected chi connectivity index (χ4v) is 8.82. The van der Waals surface area contributed by atoms with Gasteiger partial charge < -0.3 is 24.9 Å². The van der Waals surface area contributed by atoms with E-state index in [2.05, 4.69) is 10.3 Å². The summed E-state index contributed by atoms with van der Waals surface area (Å²) in [6.45, 7) is 1.60. The molecule has 3 aliphatic rings. The molecule has 0 unspecified atom stereocenters. The summed E-state index contributed by atoms with van der Waals surface area (Å²) in [6, 6.07) is 13.5. The molecule has 0 bridgehead atoms. The van der Waals surface area contributed by atoms with E-state index in [4.69, 9.17) is 9.47 Å². The number of sulfone groups is 1. The summed E-state index contributed by atoms with van der Waals surface area (Å²) in [4.78, 5) is 3.62. The first kappa shape index (κ1) is 27.7. The Labute approximate surface area is 234 Å². The fraction of sp³-hybridized carbons (Fsp3) is 0.500. The number of sulfonamides is 1. The van der Waals surface area contributed by atoms with Gasteiger partial charge in [0.25, 0.3) is 0 Å². The van der Waals surface area contributed by atoms with Crippen LogP contribution in [0.25, 0.3) is 10.9 Å². The van der Waals surface area contributed by atoms with E-state index in [1.807, 2.05) is 12.1 Å². The second-order valence-electron chi connectivity index (χ2n) is 11.1. The molecule has 3 fully saturated rings. The van der Waals surface area contributed by atoms with Crippen LogP contribution in [-0.4, -0.2) is 87.1 Å². The van der Waals surface area contributed by atoms with E-state index < -0.39 is 26.0 Å². The van der Waals surface area contributed by atoms with E-state index in [0.29, 0.717) is 57.7 Å². The Morgan fingerprint density at radius 3 is 2.65 bits per heavy atom. The van der Waals surface area contributed by atoms with Crippen LogP contribution < -0.4 is 10.1 Å². The van der Waals surface area contributed by atoms with Gasteiger partial charge in [0.1, 0.15) is 18.5 Å². The molecule has 1 aromatic heterocycles. The van der Waals surface area contributed by atoms with Crippen molar-refractivity contribution in [3.8, 4) is 5.75 Å². The molecule has 10 nitrogen and oxygen atoms in total. The maximum atomic E-state index is 13.3. The first-order chi connectivity index (χ1) is 19.1. The van der Waals surface area contributed by atoms with Gasteiger partial charge in [0.15, 0.2) is 9.84 Å².